The highest BCUT2D eigenvalue weighted by Gasteiger charge is 2.35. The normalized spacial score (nSPS) is 16.3. The Bertz CT molecular complexity index is 1140. The van der Waals surface area contributed by atoms with Gasteiger partial charge in [0.1, 0.15) is 11.5 Å². The number of amides is 1. The minimum Gasteiger partial charge on any atom is -0.457 e. The molecular weight excluding hydrogens is 447 g/mol. The van der Waals surface area contributed by atoms with E-state index in [1.54, 1.807) is 5.38 Å². The summed E-state index contributed by atoms with van der Waals surface area (Å²) in [6.07, 6.45) is -1.61. The molecule has 5 nitrogen and oxygen atoms in total. The van der Waals surface area contributed by atoms with Gasteiger partial charge in [0.05, 0.1) is 15.5 Å². The summed E-state index contributed by atoms with van der Waals surface area (Å²) in [5.74, 6) is 0.0493. The van der Waals surface area contributed by atoms with Gasteiger partial charge >= 0.3 is 6.18 Å². The van der Waals surface area contributed by atoms with Crippen molar-refractivity contribution in [1.29, 1.82) is 5.41 Å². The van der Waals surface area contributed by atoms with Crippen LogP contribution in [0.2, 0.25) is 5.02 Å². The Morgan fingerprint density at radius 2 is 2.03 bits per heavy atom. The van der Waals surface area contributed by atoms with E-state index in [0.717, 1.165) is 23.9 Å². The van der Waals surface area contributed by atoms with Crippen LogP contribution in [0.4, 0.5) is 18.3 Å². The van der Waals surface area contributed by atoms with Gasteiger partial charge < -0.3 is 4.42 Å². The number of rotatable bonds is 3. The lowest BCUT2D eigenvalue weighted by molar-refractivity contribution is -0.137. The van der Waals surface area contributed by atoms with E-state index in [1.165, 1.54) is 46.7 Å². The van der Waals surface area contributed by atoms with E-state index in [4.69, 9.17) is 21.4 Å². The first kappa shape index (κ1) is 19.7. The molecule has 4 rings (SSSR count). The number of hydrogen-bond acceptors (Lipinski definition) is 6. The molecule has 29 heavy (non-hydrogen) atoms. The van der Waals surface area contributed by atoms with Gasteiger partial charge in [-0.1, -0.05) is 11.6 Å². The fourth-order valence-electron chi connectivity index (χ4n) is 2.60. The molecule has 1 aromatic carbocycles. The van der Waals surface area contributed by atoms with Crippen LogP contribution in [0.15, 0.2) is 51.2 Å². The molecule has 0 spiro atoms. The van der Waals surface area contributed by atoms with Gasteiger partial charge in [0.25, 0.3) is 5.91 Å². The SMILES string of the molecule is N=C1S/C(=C\c2ccc(-c3ccc(Cl)c(C(F)(F)F)c3)o2)C(=O)N1c1nccs1. The fourth-order valence-corrected chi connectivity index (χ4v) is 4.35. The first-order valence-corrected chi connectivity index (χ1v) is 10.0. The van der Waals surface area contributed by atoms with Crippen molar-refractivity contribution in [3.63, 3.8) is 0 Å². The Morgan fingerprint density at radius 1 is 1.24 bits per heavy atom. The monoisotopic (exact) mass is 455 g/mol. The van der Waals surface area contributed by atoms with Crippen molar-refractivity contribution >= 4 is 57.0 Å². The third-order valence-electron chi connectivity index (χ3n) is 3.89. The molecule has 0 saturated carbocycles. The van der Waals surface area contributed by atoms with Gasteiger partial charge in [-0.3, -0.25) is 10.2 Å². The summed E-state index contributed by atoms with van der Waals surface area (Å²) < 4.78 is 44.8. The number of furan rings is 1. The third kappa shape index (κ3) is 3.83. The second kappa shape index (κ2) is 7.36. The zero-order valence-corrected chi connectivity index (χ0v) is 16.5. The Labute approximate surface area is 175 Å². The number of nitrogens with zero attached hydrogens (tertiary/aromatic N) is 2. The summed E-state index contributed by atoms with van der Waals surface area (Å²) in [7, 11) is 0. The average Bonchev–Trinajstić information content (AvgIpc) is 3.37. The fraction of sp³-hybridized carbons (Fsp3) is 0.0556. The lowest BCUT2D eigenvalue weighted by atomic mass is 10.1. The molecule has 0 aliphatic carbocycles. The maximum atomic E-state index is 13.1. The number of anilines is 1. The maximum Gasteiger partial charge on any atom is 0.417 e. The van der Waals surface area contributed by atoms with Crippen molar-refractivity contribution in [1.82, 2.24) is 4.98 Å². The minimum atomic E-state index is -4.59. The molecule has 1 aliphatic heterocycles. The van der Waals surface area contributed by atoms with Gasteiger partial charge in [-0.2, -0.15) is 13.2 Å². The van der Waals surface area contributed by atoms with Crippen LogP contribution < -0.4 is 4.90 Å². The Hall–Kier alpha value is -2.56. The molecule has 11 heteroatoms. The predicted molar refractivity (Wildman–Crippen MR) is 107 cm³/mol. The summed E-state index contributed by atoms with van der Waals surface area (Å²) >= 11 is 7.82. The summed E-state index contributed by atoms with van der Waals surface area (Å²) in [6.45, 7) is 0. The van der Waals surface area contributed by atoms with Crippen molar-refractivity contribution in [2.45, 2.75) is 6.18 Å². The standard InChI is InChI=1S/C18H9ClF3N3O2S2/c19-12-3-1-9(7-11(12)18(20,21)22)13-4-2-10(27-13)8-14-15(26)25(16(23)29-14)17-24-5-6-28-17/h1-8,23H/b14-8-,23-16?. The number of amidine groups is 1. The van der Waals surface area contributed by atoms with E-state index in [-0.39, 0.29) is 27.2 Å². The molecule has 0 radical (unpaired) electrons. The third-order valence-corrected chi connectivity index (χ3v) is 5.87. The largest absolute Gasteiger partial charge is 0.457 e. The number of hydrogen-bond donors (Lipinski definition) is 1. The predicted octanol–water partition coefficient (Wildman–Crippen LogP) is 6.13. The molecular formula is C18H9ClF3N3O2S2. The topological polar surface area (TPSA) is 70.2 Å². The van der Waals surface area contributed by atoms with Crippen LogP contribution in [0, 0.1) is 5.41 Å². The maximum absolute atomic E-state index is 13.1. The number of carbonyl (C=O) groups is 1. The highest BCUT2D eigenvalue weighted by molar-refractivity contribution is 8.19. The number of aromatic nitrogens is 1. The zero-order chi connectivity index (χ0) is 20.8. The second-order valence-corrected chi connectivity index (χ2v) is 8.08. The molecule has 1 amide bonds. The number of thioether (sulfide) groups is 1. The van der Waals surface area contributed by atoms with Crippen LogP contribution in [0.1, 0.15) is 11.3 Å². The lowest BCUT2D eigenvalue weighted by Crippen LogP contribution is -2.27. The van der Waals surface area contributed by atoms with Gasteiger partial charge in [0.2, 0.25) is 0 Å². The number of halogens is 4. The van der Waals surface area contributed by atoms with Crippen molar-refractivity contribution in [2.24, 2.45) is 0 Å². The molecule has 1 fully saturated rings. The first-order chi connectivity index (χ1) is 13.7. The summed E-state index contributed by atoms with van der Waals surface area (Å²) in [5.41, 5.74) is -0.754. The van der Waals surface area contributed by atoms with E-state index in [2.05, 4.69) is 4.98 Å². The Kier molecular flexibility index (Phi) is 5.01. The molecule has 148 valence electrons. The smallest absolute Gasteiger partial charge is 0.417 e. The molecule has 0 bridgehead atoms. The Morgan fingerprint density at radius 3 is 2.72 bits per heavy atom. The van der Waals surface area contributed by atoms with Crippen LogP contribution in [0.5, 0.6) is 0 Å². The van der Waals surface area contributed by atoms with Crippen LogP contribution in [-0.4, -0.2) is 16.1 Å². The highest BCUT2D eigenvalue weighted by atomic mass is 35.5. The van der Waals surface area contributed by atoms with E-state index >= 15 is 0 Å². The molecule has 3 aromatic rings. The number of nitrogens with one attached hydrogen (secondary N) is 1. The van der Waals surface area contributed by atoms with E-state index in [0.29, 0.717) is 5.13 Å². The summed E-state index contributed by atoms with van der Waals surface area (Å²) in [6, 6.07) is 6.53. The van der Waals surface area contributed by atoms with Crippen molar-refractivity contribution in [3.05, 3.63) is 63.2 Å². The lowest BCUT2D eigenvalue weighted by Gasteiger charge is -2.09. The number of alkyl halides is 3. The minimum absolute atomic E-state index is 0.00972. The van der Waals surface area contributed by atoms with Crippen molar-refractivity contribution < 1.29 is 22.4 Å². The van der Waals surface area contributed by atoms with E-state index < -0.39 is 22.7 Å². The van der Waals surface area contributed by atoms with Crippen LogP contribution >= 0.6 is 34.7 Å². The number of thiazole rings is 1. The second-order valence-electron chi connectivity index (χ2n) is 5.77. The van der Waals surface area contributed by atoms with Crippen LogP contribution in [0.25, 0.3) is 17.4 Å². The molecule has 3 heterocycles. The first-order valence-electron chi connectivity index (χ1n) is 7.93. The molecule has 0 unspecified atom stereocenters. The van der Waals surface area contributed by atoms with Gasteiger partial charge in [-0.15, -0.1) is 11.3 Å². The molecule has 1 aliphatic rings. The Balaban J connectivity index is 1.62. The number of carbonyl (C=O) groups excluding carboxylic acids is 1. The van der Waals surface area contributed by atoms with E-state index in [9.17, 15) is 18.0 Å². The average molecular weight is 456 g/mol. The highest BCUT2D eigenvalue weighted by Crippen LogP contribution is 2.39. The molecule has 0 atom stereocenters. The van der Waals surface area contributed by atoms with Crippen LogP contribution in [-0.2, 0) is 11.0 Å². The molecule has 2 aromatic heterocycles. The van der Waals surface area contributed by atoms with Gasteiger partial charge in [0, 0.05) is 23.2 Å². The van der Waals surface area contributed by atoms with Crippen molar-refractivity contribution in [3.8, 4) is 11.3 Å². The van der Waals surface area contributed by atoms with Gasteiger partial charge in [-0.25, -0.2) is 9.88 Å². The number of benzene rings is 1. The van der Waals surface area contributed by atoms with Gasteiger partial charge in [-0.05, 0) is 42.1 Å². The van der Waals surface area contributed by atoms with Gasteiger partial charge in [0.15, 0.2) is 10.3 Å². The quantitative estimate of drug-likeness (QED) is 0.482. The van der Waals surface area contributed by atoms with E-state index in [1.807, 2.05) is 0 Å². The summed E-state index contributed by atoms with van der Waals surface area (Å²) in [5, 5.41) is 9.69. The molecule has 1 saturated heterocycles. The van der Waals surface area contributed by atoms with Crippen molar-refractivity contribution in [2.75, 3.05) is 4.90 Å². The summed E-state index contributed by atoms with van der Waals surface area (Å²) in [4.78, 5) is 18.0. The molecule has 1 N–H and O–H groups in total. The van der Waals surface area contributed by atoms with Crippen LogP contribution in [0.3, 0.4) is 0 Å². The zero-order valence-electron chi connectivity index (χ0n) is 14.2.